The predicted molar refractivity (Wildman–Crippen MR) is 188 cm³/mol. The number of esters is 1. The van der Waals surface area contributed by atoms with Crippen LogP contribution >= 0.6 is 0 Å². The van der Waals surface area contributed by atoms with Crippen LogP contribution in [0, 0.1) is 0 Å². The molecule has 0 bridgehead atoms. The molecule has 250 valence electrons. The normalized spacial score (nSPS) is 12.2. The first-order chi connectivity index (χ1) is 22.9. The van der Waals surface area contributed by atoms with E-state index in [4.69, 9.17) is 19.2 Å². The Bertz CT molecular complexity index is 1470. The van der Waals surface area contributed by atoms with E-state index in [1.54, 1.807) is 12.1 Å². The predicted octanol–water partition coefficient (Wildman–Crippen LogP) is 5.39. The highest BCUT2D eigenvalue weighted by atomic mass is 16.5. The lowest BCUT2D eigenvalue weighted by Gasteiger charge is -2.16. The van der Waals surface area contributed by atoms with Gasteiger partial charge in [-0.1, -0.05) is 55.5 Å². The van der Waals surface area contributed by atoms with Gasteiger partial charge in [0.15, 0.2) is 0 Å². The van der Waals surface area contributed by atoms with Gasteiger partial charge in [-0.25, -0.2) is 0 Å². The van der Waals surface area contributed by atoms with Gasteiger partial charge in [0.05, 0.1) is 52.3 Å². The summed E-state index contributed by atoms with van der Waals surface area (Å²) < 4.78 is 16.0. The second kappa shape index (κ2) is 20.9. The van der Waals surface area contributed by atoms with E-state index in [2.05, 4.69) is 33.2 Å². The van der Waals surface area contributed by atoms with E-state index in [0.717, 1.165) is 28.9 Å². The lowest BCUT2D eigenvalue weighted by Crippen LogP contribution is -2.35. The summed E-state index contributed by atoms with van der Waals surface area (Å²) in [6.45, 7) is 8.52. The number of guanidine groups is 1. The van der Waals surface area contributed by atoms with Crippen LogP contribution in [0.3, 0.4) is 0 Å². The average molecular weight is 643 g/mol. The van der Waals surface area contributed by atoms with Crippen molar-refractivity contribution in [3.63, 3.8) is 0 Å². The van der Waals surface area contributed by atoms with Crippen molar-refractivity contribution < 1.29 is 23.8 Å². The summed E-state index contributed by atoms with van der Waals surface area (Å²) in [5, 5.41) is 12.9. The molecule has 0 heterocycles. The van der Waals surface area contributed by atoms with Crippen LogP contribution < -0.4 is 21.3 Å². The van der Waals surface area contributed by atoms with Crippen molar-refractivity contribution >= 4 is 35.0 Å². The number of ether oxygens (including phenoxy) is 3. The molecule has 0 aliphatic heterocycles. The highest BCUT2D eigenvalue weighted by molar-refractivity contribution is 6.05. The van der Waals surface area contributed by atoms with E-state index in [1.165, 1.54) is 7.11 Å². The molecule has 3 aromatic carbocycles. The molecule has 1 amide bonds. The monoisotopic (exact) mass is 642 g/mol. The number of amides is 1. The number of methoxy groups -OCH3 is 1. The zero-order chi connectivity index (χ0) is 33.7. The molecule has 0 spiro atoms. The lowest BCUT2D eigenvalue weighted by atomic mass is 10.1. The van der Waals surface area contributed by atoms with Crippen molar-refractivity contribution in [2.45, 2.75) is 33.6 Å². The SMILES string of the molecule is CC/C(C)=C(/N=C(\NC(C)=NCCOCCOCCNC(=O)c1ccccc1)Nc1ccc(CC(=O)OC)cc1)Nc1ccccc1. The number of hydrogen-bond donors (Lipinski definition) is 4. The molecule has 11 nitrogen and oxygen atoms in total. The van der Waals surface area contributed by atoms with E-state index in [1.807, 2.05) is 86.6 Å². The summed E-state index contributed by atoms with van der Waals surface area (Å²) in [6, 6.07) is 26.5. The Balaban J connectivity index is 1.53. The zero-order valence-corrected chi connectivity index (χ0v) is 27.7. The number of anilines is 2. The first kappa shape index (κ1) is 36.5. The van der Waals surface area contributed by atoms with Gasteiger partial charge in [0, 0.05) is 23.5 Å². The third-order valence-corrected chi connectivity index (χ3v) is 6.81. The summed E-state index contributed by atoms with van der Waals surface area (Å²) in [5.41, 5.74) is 4.26. The third-order valence-electron chi connectivity index (χ3n) is 6.81. The van der Waals surface area contributed by atoms with Crippen molar-refractivity contribution in [1.82, 2.24) is 10.6 Å². The molecule has 47 heavy (non-hydrogen) atoms. The molecule has 4 N–H and O–H groups in total. The van der Waals surface area contributed by atoms with Crippen LogP contribution in [0.15, 0.2) is 106 Å². The van der Waals surface area contributed by atoms with Crippen molar-refractivity contribution in [2.24, 2.45) is 9.98 Å². The van der Waals surface area contributed by atoms with Gasteiger partial charge in [-0.15, -0.1) is 0 Å². The maximum Gasteiger partial charge on any atom is 0.309 e. The minimum absolute atomic E-state index is 0.121. The van der Waals surface area contributed by atoms with E-state index < -0.39 is 0 Å². The van der Waals surface area contributed by atoms with Crippen molar-refractivity contribution in [2.75, 3.05) is 57.3 Å². The van der Waals surface area contributed by atoms with Crippen LogP contribution in [0.25, 0.3) is 0 Å². The smallest absolute Gasteiger partial charge is 0.309 e. The van der Waals surface area contributed by atoms with Crippen molar-refractivity contribution in [3.8, 4) is 0 Å². The Morgan fingerprint density at radius 1 is 0.766 bits per heavy atom. The summed E-state index contributed by atoms with van der Waals surface area (Å²) >= 11 is 0. The molecular formula is C36H46N6O5. The molecule has 0 saturated heterocycles. The Morgan fingerprint density at radius 2 is 1.40 bits per heavy atom. The maximum atomic E-state index is 12.0. The average Bonchev–Trinajstić information content (AvgIpc) is 3.09. The van der Waals surface area contributed by atoms with E-state index in [-0.39, 0.29) is 18.3 Å². The minimum Gasteiger partial charge on any atom is -0.469 e. The fourth-order valence-electron chi connectivity index (χ4n) is 4.08. The van der Waals surface area contributed by atoms with Crippen molar-refractivity contribution in [3.05, 3.63) is 107 Å². The fourth-order valence-corrected chi connectivity index (χ4v) is 4.08. The van der Waals surface area contributed by atoms with Gasteiger partial charge in [0.1, 0.15) is 5.82 Å². The number of carbonyl (C=O) groups excluding carboxylic acids is 2. The molecule has 0 aliphatic carbocycles. The number of allylic oxidation sites excluding steroid dienone is 1. The quantitative estimate of drug-likeness (QED) is 0.0666. The number of carbonyl (C=O) groups is 2. The second-order valence-electron chi connectivity index (χ2n) is 10.4. The number of aliphatic imine (C=N–C) groups is 2. The van der Waals surface area contributed by atoms with E-state index >= 15 is 0 Å². The van der Waals surface area contributed by atoms with E-state index in [9.17, 15) is 9.59 Å². The Kier molecular flexibility index (Phi) is 16.2. The Hall–Kier alpha value is -5.00. The van der Waals surface area contributed by atoms with Crippen LogP contribution in [-0.4, -0.2) is 70.3 Å². The van der Waals surface area contributed by atoms with Crippen LogP contribution in [0.1, 0.15) is 43.1 Å². The lowest BCUT2D eigenvalue weighted by molar-refractivity contribution is -0.139. The first-order valence-corrected chi connectivity index (χ1v) is 15.7. The molecular weight excluding hydrogens is 596 g/mol. The number of rotatable bonds is 17. The van der Waals surface area contributed by atoms with Gasteiger partial charge in [0.2, 0.25) is 5.96 Å². The highest BCUT2D eigenvalue weighted by Gasteiger charge is 2.09. The molecule has 3 rings (SSSR count). The molecule has 0 unspecified atom stereocenters. The molecule has 11 heteroatoms. The van der Waals surface area contributed by atoms with Gasteiger partial charge in [-0.2, -0.15) is 4.99 Å². The summed E-state index contributed by atoms with van der Waals surface area (Å²) in [6.07, 6.45) is 1.01. The van der Waals surface area contributed by atoms with Crippen LogP contribution in [0.5, 0.6) is 0 Å². The first-order valence-electron chi connectivity index (χ1n) is 15.7. The van der Waals surface area contributed by atoms with Gasteiger partial charge in [-0.3, -0.25) is 14.6 Å². The summed E-state index contributed by atoms with van der Waals surface area (Å²) in [7, 11) is 1.38. The fraction of sp³-hybridized carbons (Fsp3) is 0.333. The Labute approximate surface area is 277 Å². The summed E-state index contributed by atoms with van der Waals surface area (Å²) in [4.78, 5) is 33.2. The molecule has 0 fully saturated rings. The molecule has 0 atom stereocenters. The highest BCUT2D eigenvalue weighted by Crippen LogP contribution is 2.16. The van der Waals surface area contributed by atoms with Crippen LogP contribution in [-0.2, 0) is 25.4 Å². The number of nitrogens with zero attached hydrogens (tertiary/aromatic N) is 2. The molecule has 0 saturated carbocycles. The topological polar surface area (TPSA) is 135 Å². The van der Waals surface area contributed by atoms with Gasteiger partial charge in [-0.05, 0) is 67.8 Å². The second-order valence-corrected chi connectivity index (χ2v) is 10.4. The van der Waals surface area contributed by atoms with Crippen molar-refractivity contribution in [1.29, 1.82) is 0 Å². The minimum atomic E-state index is -0.292. The Morgan fingerprint density at radius 3 is 2.06 bits per heavy atom. The number of hydrogen-bond acceptors (Lipinski definition) is 8. The molecule has 0 aromatic heterocycles. The largest absolute Gasteiger partial charge is 0.469 e. The molecule has 0 radical (unpaired) electrons. The number of nitrogens with one attached hydrogen (secondary N) is 4. The molecule has 0 aliphatic rings. The zero-order valence-electron chi connectivity index (χ0n) is 27.7. The van der Waals surface area contributed by atoms with E-state index in [0.29, 0.717) is 62.7 Å². The molecule has 3 aromatic rings. The van der Waals surface area contributed by atoms with Gasteiger partial charge >= 0.3 is 5.97 Å². The third kappa shape index (κ3) is 14.3. The van der Waals surface area contributed by atoms with Crippen LogP contribution in [0.4, 0.5) is 11.4 Å². The number of para-hydroxylation sites is 1. The van der Waals surface area contributed by atoms with Gasteiger partial charge in [0.25, 0.3) is 5.91 Å². The standard InChI is InChI=1S/C36H46N6O5/c1-5-27(2)34(40-31-14-10-7-11-15-31)42-36(41-32-18-16-29(17-19-32)26-33(43)45-4)39-28(3)37-20-22-46-24-25-47-23-21-38-35(44)30-12-8-6-9-13-30/h6-19,40H,5,20-26H2,1-4H3,(H,38,44)(H2,37,39,41,42)/b34-27+. The summed E-state index contributed by atoms with van der Waals surface area (Å²) in [5.74, 6) is 1.43. The maximum absolute atomic E-state index is 12.0. The van der Waals surface area contributed by atoms with Crippen LogP contribution in [0.2, 0.25) is 0 Å². The van der Waals surface area contributed by atoms with Gasteiger partial charge < -0.3 is 35.5 Å². The number of amidine groups is 1. The number of benzene rings is 3.